The van der Waals surface area contributed by atoms with E-state index < -0.39 is 0 Å². The maximum Gasteiger partial charge on any atom is 0.124 e. The normalized spacial score (nSPS) is 20.3. The molecule has 1 saturated heterocycles. The molecule has 1 atom stereocenters. The maximum absolute atomic E-state index is 5.35. The molecule has 2 heterocycles. The highest BCUT2D eigenvalue weighted by molar-refractivity contribution is 4.94. The van der Waals surface area contributed by atoms with E-state index in [9.17, 15) is 0 Å². The van der Waals surface area contributed by atoms with Crippen molar-refractivity contribution in [2.75, 3.05) is 13.2 Å². The molecular weight excluding hydrogens is 192 g/mol. The summed E-state index contributed by atoms with van der Waals surface area (Å²) in [6.07, 6.45) is 3.93. The molecule has 2 rings (SSSR count). The van der Waals surface area contributed by atoms with Crippen molar-refractivity contribution in [2.45, 2.75) is 32.4 Å². The van der Waals surface area contributed by atoms with Gasteiger partial charge in [-0.05, 0) is 25.7 Å². The summed E-state index contributed by atoms with van der Waals surface area (Å²) in [6, 6.07) is 2.41. The third kappa shape index (κ3) is 3.04. The monoisotopic (exact) mass is 210 g/mol. The van der Waals surface area contributed by atoms with E-state index >= 15 is 0 Å². The lowest BCUT2D eigenvalue weighted by Gasteiger charge is -2.28. The number of hydrogen-bond acceptors (Lipinski definition) is 4. The van der Waals surface area contributed by atoms with Gasteiger partial charge >= 0.3 is 0 Å². The highest BCUT2D eigenvalue weighted by Gasteiger charge is 2.19. The van der Waals surface area contributed by atoms with Gasteiger partial charge in [0.15, 0.2) is 0 Å². The Morgan fingerprint density at radius 2 is 2.33 bits per heavy atom. The van der Waals surface area contributed by atoms with Crippen LogP contribution in [0.1, 0.15) is 25.5 Å². The Labute approximate surface area is 90.0 Å². The lowest BCUT2D eigenvalue weighted by molar-refractivity contribution is 0.0557. The van der Waals surface area contributed by atoms with Crippen LogP contribution in [0.3, 0.4) is 0 Å². The Morgan fingerprint density at radius 3 is 3.00 bits per heavy atom. The number of nitrogens with one attached hydrogen (secondary N) is 1. The van der Waals surface area contributed by atoms with Crippen molar-refractivity contribution in [1.82, 2.24) is 10.5 Å². The predicted octanol–water partition coefficient (Wildman–Crippen LogP) is 1.58. The van der Waals surface area contributed by atoms with Gasteiger partial charge < -0.3 is 14.6 Å². The molecule has 0 bridgehead atoms. The first-order valence-corrected chi connectivity index (χ1v) is 5.56. The zero-order chi connectivity index (χ0) is 10.5. The van der Waals surface area contributed by atoms with E-state index in [1.54, 1.807) is 6.26 Å². The van der Waals surface area contributed by atoms with Gasteiger partial charge in [-0.2, -0.15) is 0 Å². The van der Waals surface area contributed by atoms with Gasteiger partial charge in [-0.15, -0.1) is 0 Å². The highest BCUT2D eigenvalue weighted by Crippen LogP contribution is 2.18. The minimum atomic E-state index is 0.519. The van der Waals surface area contributed by atoms with Gasteiger partial charge in [0.25, 0.3) is 0 Å². The Morgan fingerprint density at radius 1 is 1.53 bits per heavy atom. The molecule has 0 radical (unpaired) electrons. The van der Waals surface area contributed by atoms with Crippen molar-refractivity contribution in [3.63, 3.8) is 0 Å². The highest BCUT2D eigenvalue weighted by atomic mass is 16.5. The van der Waals surface area contributed by atoms with Crippen molar-refractivity contribution in [3.8, 4) is 0 Å². The number of rotatable bonds is 4. The van der Waals surface area contributed by atoms with Crippen molar-refractivity contribution in [3.05, 3.63) is 18.0 Å². The molecule has 4 heteroatoms. The van der Waals surface area contributed by atoms with Gasteiger partial charge in [-0.3, -0.25) is 0 Å². The van der Waals surface area contributed by atoms with Gasteiger partial charge in [0.2, 0.25) is 0 Å². The standard InChI is InChI=1S/C11H18N2O2/c1-9(10-2-5-14-6-3-10)12-8-11-4-7-15-13-11/h4,7,9-10,12H,2-3,5-6,8H2,1H3. The quantitative estimate of drug-likeness (QED) is 0.819. The zero-order valence-corrected chi connectivity index (χ0v) is 9.11. The Bertz CT molecular complexity index is 268. The van der Waals surface area contributed by atoms with Gasteiger partial charge in [0.1, 0.15) is 6.26 Å². The molecule has 0 aromatic carbocycles. The average molecular weight is 210 g/mol. The van der Waals surface area contributed by atoms with Gasteiger partial charge in [-0.25, -0.2) is 0 Å². The number of nitrogens with zero attached hydrogens (tertiary/aromatic N) is 1. The van der Waals surface area contributed by atoms with Gasteiger partial charge in [0, 0.05) is 31.9 Å². The minimum absolute atomic E-state index is 0.519. The average Bonchev–Trinajstić information content (AvgIpc) is 2.80. The van der Waals surface area contributed by atoms with E-state index in [2.05, 4.69) is 17.4 Å². The Balaban J connectivity index is 1.74. The fourth-order valence-corrected chi connectivity index (χ4v) is 1.98. The van der Waals surface area contributed by atoms with E-state index in [0.717, 1.165) is 44.2 Å². The van der Waals surface area contributed by atoms with E-state index in [0.29, 0.717) is 6.04 Å². The van der Waals surface area contributed by atoms with Crippen LogP contribution in [-0.2, 0) is 11.3 Å². The molecule has 0 spiro atoms. The van der Waals surface area contributed by atoms with Crippen LogP contribution >= 0.6 is 0 Å². The molecule has 84 valence electrons. The van der Waals surface area contributed by atoms with Crippen molar-refractivity contribution >= 4 is 0 Å². The molecular formula is C11H18N2O2. The van der Waals surface area contributed by atoms with E-state index in [1.807, 2.05) is 6.07 Å². The molecule has 4 nitrogen and oxygen atoms in total. The summed E-state index contributed by atoms with van der Waals surface area (Å²) in [5.74, 6) is 0.727. The molecule has 1 aromatic rings. The molecule has 0 amide bonds. The molecule has 1 N–H and O–H groups in total. The summed E-state index contributed by atoms with van der Waals surface area (Å²) in [5, 5.41) is 7.35. The molecule has 15 heavy (non-hydrogen) atoms. The summed E-state index contributed by atoms with van der Waals surface area (Å²) >= 11 is 0. The van der Waals surface area contributed by atoms with E-state index in [4.69, 9.17) is 9.26 Å². The largest absolute Gasteiger partial charge is 0.381 e. The molecule has 1 fully saturated rings. The van der Waals surface area contributed by atoms with E-state index in [1.165, 1.54) is 0 Å². The SMILES string of the molecule is CC(NCc1ccon1)C1CCOCC1. The molecule has 1 aliphatic heterocycles. The third-order valence-electron chi connectivity index (χ3n) is 3.07. The van der Waals surface area contributed by atoms with Crippen molar-refractivity contribution in [1.29, 1.82) is 0 Å². The lowest BCUT2D eigenvalue weighted by Crippen LogP contribution is -2.36. The molecule has 1 aromatic heterocycles. The second-order valence-electron chi connectivity index (χ2n) is 4.11. The first-order chi connectivity index (χ1) is 7.36. The minimum Gasteiger partial charge on any atom is -0.381 e. The third-order valence-corrected chi connectivity index (χ3v) is 3.07. The number of aromatic nitrogens is 1. The summed E-state index contributed by atoms with van der Waals surface area (Å²) in [5.41, 5.74) is 0.967. The van der Waals surface area contributed by atoms with Crippen molar-refractivity contribution < 1.29 is 9.26 Å². The van der Waals surface area contributed by atoms with Gasteiger partial charge in [0.05, 0.1) is 5.69 Å². The van der Waals surface area contributed by atoms with Crippen LogP contribution in [0.25, 0.3) is 0 Å². The van der Waals surface area contributed by atoms with Crippen LogP contribution in [-0.4, -0.2) is 24.4 Å². The van der Waals surface area contributed by atoms with Crippen LogP contribution in [0, 0.1) is 5.92 Å². The van der Waals surface area contributed by atoms with E-state index in [-0.39, 0.29) is 0 Å². The first kappa shape index (κ1) is 10.6. The van der Waals surface area contributed by atoms with Crippen LogP contribution in [0.4, 0.5) is 0 Å². The van der Waals surface area contributed by atoms with Crippen molar-refractivity contribution in [2.24, 2.45) is 5.92 Å². The Kier molecular flexibility index (Phi) is 3.75. The second-order valence-corrected chi connectivity index (χ2v) is 4.11. The van der Waals surface area contributed by atoms with Crippen LogP contribution in [0.15, 0.2) is 16.9 Å². The van der Waals surface area contributed by atoms with Crippen LogP contribution in [0.2, 0.25) is 0 Å². The number of ether oxygens (including phenoxy) is 1. The smallest absolute Gasteiger partial charge is 0.124 e. The molecule has 1 aliphatic rings. The molecule has 0 aliphatic carbocycles. The fraction of sp³-hybridized carbons (Fsp3) is 0.727. The van der Waals surface area contributed by atoms with Crippen LogP contribution < -0.4 is 5.32 Å². The van der Waals surface area contributed by atoms with Gasteiger partial charge in [-0.1, -0.05) is 5.16 Å². The molecule has 0 saturated carbocycles. The van der Waals surface area contributed by atoms with Crippen LogP contribution in [0.5, 0.6) is 0 Å². The summed E-state index contributed by atoms with van der Waals surface area (Å²) in [6.45, 7) is 4.83. The fourth-order valence-electron chi connectivity index (χ4n) is 1.98. The molecule has 1 unspecified atom stereocenters. The number of hydrogen-bond donors (Lipinski definition) is 1. The topological polar surface area (TPSA) is 47.3 Å². The Hall–Kier alpha value is -0.870. The summed E-state index contributed by atoms with van der Waals surface area (Å²) in [7, 11) is 0. The lowest BCUT2D eigenvalue weighted by atomic mass is 9.93. The summed E-state index contributed by atoms with van der Waals surface area (Å²) in [4.78, 5) is 0. The maximum atomic E-state index is 5.35. The summed E-state index contributed by atoms with van der Waals surface area (Å²) < 4.78 is 10.1. The first-order valence-electron chi connectivity index (χ1n) is 5.56. The predicted molar refractivity (Wildman–Crippen MR) is 56.3 cm³/mol. The second kappa shape index (κ2) is 5.28. The zero-order valence-electron chi connectivity index (χ0n) is 9.11.